The molecule has 1 saturated heterocycles. The van der Waals surface area contributed by atoms with Crippen molar-refractivity contribution in [2.24, 2.45) is 17.4 Å². The Morgan fingerprint density at radius 1 is 0.944 bits per heavy atom. The topological polar surface area (TPSA) is 122 Å². The Labute approximate surface area is 210 Å². The minimum Gasteiger partial charge on any atom is -0.371 e. The standard InChI is InChI=1S/C28H31N5O3/c29-26(34)19-33(17-20-6-2-1-3-7-20)25-10-4-9-23(16-25)31-28(36)21-11-13-24(14-12-21)32-15-5-8-22(18-32)27(30)35/h1-4,6-7,9-14,16,22H,5,8,15,17-19H2,(H2,29,34)(H2,30,35)(H,31,36). The third-order valence-electron chi connectivity index (χ3n) is 6.35. The van der Waals surface area contributed by atoms with Crippen LogP contribution in [0.5, 0.6) is 0 Å². The van der Waals surface area contributed by atoms with Gasteiger partial charge in [0.25, 0.3) is 5.91 Å². The number of nitrogens with two attached hydrogens (primary N) is 2. The Morgan fingerprint density at radius 2 is 1.69 bits per heavy atom. The number of anilines is 3. The van der Waals surface area contributed by atoms with Gasteiger partial charge in [0.2, 0.25) is 11.8 Å². The second-order valence-electron chi connectivity index (χ2n) is 9.05. The maximum atomic E-state index is 12.9. The van der Waals surface area contributed by atoms with Gasteiger partial charge in [-0.15, -0.1) is 0 Å². The van der Waals surface area contributed by atoms with Crippen molar-refractivity contribution in [3.8, 4) is 0 Å². The first-order chi connectivity index (χ1) is 17.4. The van der Waals surface area contributed by atoms with Gasteiger partial charge < -0.3 is 26.6 Å². The maximum absolute atomic E-state index is 12.9. The van der Waals surface area contributed by atoms with E-state index < -0.39 is 5.91 Å². The first-order valence-electron chi connectivity index (χ1n) is 12.0. The molecule has 1 atom stereocenters. The Hall–Kier alpha value is -4.33. The molecular weight excluding hydrogens is 454 g/mol. The highest BCUT2D eigenvalue weighted by molar-refractivity contribution is 6.04. The molecule has 1 unspecified atom stereocenters. The van der Waals surface area contributed by atoms with Crippen LogP contribution in [-0.4, -0.2) is 37.4 Å². The van der Waals surface area contributed by atoms with E-state index in [4.69, 9.17) is 11.5 Å². The molecule has 1 fully saturated rings. The molecule has 3 amide bonds. The molecular formula is C28H31N5O3. The Balaban J connectivity index is 1.44. The Bertz CT molecular complexity index is 1210. The van der Waals surface area contributed by atoms with Crippen molar-refractivity contribution >= 4 is 34.8 Å². The summed E-state index contributed by atoms with van der Waals surface area (Å²) in [6, 6.07) is 24.5. The fourth-order valence-corrected chi connectivity index (χ4v) is 4.48. The van der Waals surface area contributed by atoms with Crippen molar-refractivity contribution in [1.82, 2.24) is 0 Å². The lowest BCUT2D eigenvalue weighted by molar-refractivity contribution is -0.122. The highest BCUT2D eigenvalue weighted by Crippen LogP contribution is 2.25. The van der Waals surface area contributed by atoms with E-state index in [1.54, 1.807) is 18.2 Å². The normalized spacial score (nSPS) is 15.2. The van der Waals surface area contributed by atoms with E-state index in [0.717, 1.165) is 36.3 Å². The first kappa shape index (κ1) is 24.8. The van der Waals surface area contributed by atoms with E-state index in [2.05, 4.69) is 10.2 Å². The zero-order valence-electron chi connectivity index (χ0n) is 20.1. The molecule has 0 aromatic heterocycles. The SMILES string of the molecule is NC(=O)CN(Cc1ccccc1)c1cccc(NC(=O)c2ccc(N3CCCC(C(N)=O)C3)cc2)c1. The Morgan fingerprint density at radius 3 is 2.39 bits per heavy atom. The molecule has 8 nitrogen and oxygen atoms in total. The number of nitrogens with one attached hydrogen (secondary N) is 1. The Kier molecular flexibility index (Phi) is 7.85. The monoisotopic (exact) mass is 485 g/mol. The number of primary amides is 2. The van der Waals surface area contributed by atoms with Crippen molar-refractivity contribution < 1.29 is 14.4 Å². The fourth-order valence-electron chi connectivity index (χ4n) is 4.48. The smallest absolute Gasteiger partial charge is 0.255 e. The molecule has 1 aliphatic heterocycles. The molecule has 1 heterocycles. The van der Waals surface area contributed by atoms with Crippen molar-refractivity contribution in [3.05, 3.63) is 90.0 Å². The van der Waals surface area contributed by atoms with Gasteiger partial charge in [-0.3, -0.25) is 14.4 Å². The van der Waals surface area contributed by atoms with Crippen molar-refractivity contribution in [3.63, 3.8) is 0 Å². The molecule has 8 heteroatoms. The minimum atomic E-state index is -0.434. The van der Waals surface area contributed by atoms with Crippen LogP contribution >= 0.6 is 0 Å². The number of piperidine rings is 1. The van der Waals surface area contributed by atoms with Crippen LogP contribution in [0, 0.1) is 5.92 Å². The second kappa shape index (κ2) is 11.4. The molecule has 4 rings (SSSR count). The number of rotatable bonds is 9. The van der Waals surface area contributed by atoms with Gasteiger partial charge in [0.1, 0.15) is 0 Å². The van der Waals surface area contributed by atoms with Gasteiger partial charge in [0, 0.05) is 42.3 Å². The predicted molar refractivity (Wildman–Crippen MR) is 142 cm³/mol. The molecule has 0 aliphatic carbocycles. The zero-order valence-corrected chi connectivity index (χ0v) is 20.1. The summed E-state index contributed by atoms with van der Waals surface area (Å²) in [5.74, 6) is -1.09. The third kappa shape index (κ3) is 6.41. The van der Waals surface area contributed by atoms with E-state index in [1.807, 2.05) is 65.6 Å². The summed E-state index contributed by atoms with van der Waals surface area (Å²) in [5, 5.41) is 2.94. The third-order valence-corrected chi connectivity index (χ3v) is 6.35. The first-order valence-corrected chi connectivity index (χ1v) is 12.0. The van der Waals surface area contributed by atoms with Crippen LogP contribution in [0.3, 0.4) is 0 Å². The molecule has 3 aromatic rings. The summed E-state index contributed by atoms with van der Waals surface area (Å²) in [5.41, 5.74) is 14.9. The molecule has 1 aliphatic rings. The lowest BCUT2D eigenvalue weighted by atomic mass is 9.97. The largest absolute Gasteiger partial charge is 0.371 e. The van der Waals surface area contributed by atoms with E-state index >= 15 is 0 Å². The van der Waals surface area contributed by atoms with E-state index in [1.165, 1.54) is 0 Å². The summed E-state index contributed by atoms with van der Waals surface area (Å²) >= 11 is 0. The summed E-state index contributed by atoms with van der Waals surface area (Å²) < 4.78 is 0. The number of amides is 3. The van der Waals surface area contributed by atoms with Gasteiger partial charge in [-0.25, -0.2) is 0 Å². The average molecular weight is 486 g/mol. The number of carbonyl (C=O) groups is 3. The van der Waals surface area contributed by atoms with Crippen LogP contribution in [0.2, 0.25) is 0 Å². The number of carbonyl (C=O) groups excluding carboxylic acids is 3. The number of hydrogen-bond acceptors (Lipinski definition) is 5. The number of hydrogen-bond donors (Lipinski definition) is 3. The summed E-state index contributed by atoms with van der Waals surface area (Å²) in [6.45, 7) is 2.02. The highest BCUT2D eigenvalue weighted by Gasteiger charge is 2.24. The van der Waals surface area contributed by atoms with Gasteiger partial charge in [-0.1, -0.05) is 36.4 Å². The van der Waals surface area contributed by atoms with Gasteiger partial charge in [0.05, 0.1) is 12.5 Å². The van der Waals surface area contributed by atoms with E-state index in [0.29, 0.717) is 24.3 Å². The van der Waals surface area contributed by atoms with E-state index in [9.17, 15) is 14.4 Å². The van der Waals surface area contributed by atoms with Crippen molar-refractivity contribution in [1.29, 1.82) is 0 Å². The van der Waals surface area contributed by atoms with Crippen LogP contribution in [0.1, 0.15) is 28.8 Å². The molecule has 36 heavy (non-hydrogen) atoms. The highest BCUT2D eigenvalue weighted by atomic mass is 16.2. The predicted octanol–water partition coefficient (Wildman–Crippen LogP) is 3.13. The fraction of sp³-hybridized carbons (Fsp3) is 0.250. The zero-order chi connectivity index (χ0) is 25.5. The molecule has 0 radical (unpaired) electrons. The van der Waals surface area contributed by atoms with Crippen LogP contribution in [0.4, 0.5) is 17.1 Å². The number of nitrogens with zero attached hydrogens (tertiary/aromatic N) is 2. The number of benzene rings is 3. The molecule has 5 N–H and O–H groups in total. The molecule has 3 aromatic carbocycles. The second-order valence-corrected chi connectivity index (χ2v) is 9.05. The maximum Gasteiger partial charge on any atom is 0.255 e. The lowest BCUT2D eigenvalue weighted by Crippen LogP contribution is -2.41. The van der Waals surface area contributed by atoms with Crippen LogP contribution < -0.4 is 26.6 Å². The molecule has 186 valence electrons. The van der Waals surface area contributed by atoms with Gasteiger partial charge in [0.15, 0.2) is 0 Å². The summed E-state index contributed by atoms with van der Waals surface area (Å²) in [6.07, 6.45) is 1.72. The van der Waals surface area contributed by atoms with Gasteiger partial charge in [-0.2, -0.15) is 0 Å². The van der Waals surface area contributed by atoms with Crippen LogP contribution in [-0.2, 0) is 16.1 Å². The van der Waals surface area contributed by atoms with Crippen LogP contribution in [0.25, 0.3) is 0 Å². The minimum absolute atomic E-state index is 0.0564. The molecule has 0 spiro atoms. The van der Waals surface area contributed by atoms with Crippen molar-refractivity contribution in [2.75, 3.05) is 34.8 Å². The molecule has 0 bridgehead atoms. The average Bonchev–Trinajstić information content (AvgIpc) is 2.89. The van der Waals surface area contributed by atoms with Crippen molar-refractivity contribution in [2.45, 2.75) is 19.4 Å². The van der Waals surface area contributed by atoms with E-state index in [-0.39, 0.29) is 24.3 Å². The lowest BCUT2D eigenvalue weighted by Gasteiger charge is -2.33. The summed E-state index contributed by atoms with van der Waals surface area (Å²) in [7, 11) is 0. The van der Waals surface area contributed by atoms with Gasteiger partial charge >= 0.3 is 0 Å². The molecule has 0 saturated carbocycles. The quantitative estimate of drug-likeness (QED) is 0.430. The van der Waals surface area contributed by atoms with Gasteiger partial charge in [-0.05, 0) is 60.9 Å². The summed E-state index contributed by atoms with van der Waals surface area (Å²) in [4.78, 5) is 40.2. The van der Waals surface area contributed by atoms with Crippen LogP contribution in [0.15, 0.2) is 78.9 Å².